The number of rotatable bonds is 4. The summed E-state index contributed by atoms with van der Waals surface area (Å²) in [7, 11) is 0. The van der Waals surface area contributed by atoms with Crippen molar-refractivity contribution in [1.82, 2.24) is 0 Å². The number of benzene rings is 2. The molecule has 0 radical (unpaired) electrons. The van der Waals surface area contributed by atoms with Gasteiger partial charge in [-0.1, -0.05) is 29.4 Å². The maximum absolute atomic E-state index is 12.6. The lowest BCUT2D eigenvalue weighted by molar-refractivity contribution is -0.137. The van der Waals surface area contributed by atoms with Crippen LogP contribution in [0.2, 0.25) is 0 Å². The highest BCUT2D eigenvalue weighted by Gasteiger charge is 2.30. The Morgan fingerprint density at radius 2 is 1.78 bits per heavy atom. The van der Waals surface area contributed by atoms with Crippen molar-refractivity contribution >= 4 is 5.71 Å². The molecule has 0 amide bonds. The number of hydrogen-bond donors (Lipinski definition) is 0. The van der Waals surface area contributed by atoms with Crippen molar-refractivity contribution in [3.8, 4) is 0 Å². The Hall–Kier alpha value is -2.30. The molecule has 0 saturated heterocycles. The minimum absolute atomic E-state index is 0.00783. The summed E-state index contributed by atoms with van der Waals surface area (Å²) in [5.41, 5.74) is 3.68. The summed E-state index contributed by atoms with van der Waals surface area (Å²) < 4.78 is 37.9. The lowest BCUT2D eigenvalue weighted by Crippen LogP contribution is -2.05. The summed E-state index contributed by atoms with van der Waals surface area (Å²) in [4.78, 5) is 5.19. The molecule has 0 fully saturated rings. The molecule has 0 spiro atoms. The highest BCUT2D eigenvalue weighted by Crippen LogP contribution is 2.29. The SMILES string of the molecule is C/C(=N/OCc1cccc(C(F)(F)F)c1)c1ccc(C)c(C)c1. The first-order valence-electron chi connectivity index (χ1n) is 7.17. The molecule has 122 valence electrons. The van der Waals surface area contributed by atoms with Gasteiger partial charge in [0.15, 0.2) is 0 Å². The van der Waals surface area contributed by atoms with Crippen LogP contribution >= 0.6 is 0 Å². The van der Waals surface area contributed by atoms with Gasteiger partial charge in [0, 0.05) is 0 Å². The second-order valence-electron chi connectivity index (χ2n) is 5.45. The molecule has 5 heteroatoms. The van der Waals surface area contributed by atoms with Crippen molar-refractivity contribution < 1.29 is 18.0 Å². The van der Waals surface area contributed by atoms with E-state index in [1.807, 2.05) is 32.0 Å². The molecule has 0 aromatic heterocycles. The molecule has 23 heavy (non-hydrogen) atoms. The maximum atomic E-state index is 12.6. The lowest BCUT2D eigenvalue weighted by atomic mass is 10.0. The Labute approximate surface area is 133 Å². The zero-order valence-corrected chi connectivity index (χ0v) is 13.2. The standard InChI is InChI=1S/C18H18F3NO/c1-12-7-8-16(9-13(12)2)14(3)22-23-11-15-5-4-6-17(10-15)18(19,20)21/h4-10H,11H2,1-3H3/b22-14-. The summed E-state index contributed by atoms with van der Waals surface area (Å²) in [6.07, 6.45) is -4.35. The van der Waals surface area contributed by atoms with Crippen LogP contribution in [0.3, 0.4) is 0 Å². The highest BCUT2D eigenvalue weighted by molar-refractivity contribution is 5.98. The number of nitrogens with zero attached hydrogens (tertiary/aromatic N) is 1. The van der Waals surface area contributed by atoms with Crippen LogP contribution in [0.1, 0.15) is 34.7 Å². The molecule has 0 aliphatic rings. The Morgan fingerprint density at radius 1 is 1.04 bits per heavy atom. The number of oxime groups is 1. The molecule has 0 saturated carbocycles. The molecular formula is C18H18F3NO. The predicted molar refractivity (Wildman–Crippen MR) is 84.4 cm³/mol. The molecule has 0 atom stereocenters. The van der Waals surface area contributed by atoms with Crippen LogP contribution in [0, 0.1) is 13.8 Å². The van der Waals surface area contributed by atoms with Gasteiger partial charge in [0.2, 0.25) is 0 Å². The monoisotopic (exact) mass is 321 g/mol. The minimum atomic E-state index is -4.35. The van der Waals surface area contributed by atoms with E-state index < -0.39 is 11.7 Å². The largest absolute Gasteiger partial charge is 0.416 e. The van der Waals surface area contributed by atoms with E-state index in [1.165, 1.54) is 11.6 Å². The van der Waals surface area contributed by atoms with Crippen molar-refractivity contribution in [1.29, 1.82) is 0 Å². The molecule has 0 aliphatic heterocycles. The molecule has 0 unspecified atom stereocenters. The topological polar surface area (TPSA) is 21.6 Å². The molecule has 2 rings (SSSR count). The number of alkyl halides is 3. The van der Waals surface area contributed by atoms with E-state index in [9.17, 15) is 13.2 Å². The Morgan fingerprint density at radius 3 is 2.43 bits per heavy atom. The first kappa shape index (κ1) is 17.1. The van der Waals surface area contributed by atoms with E-state index in [-0.39, 0.29) is 6.61 Å². The van der Waals surface area contributed by atoms with Gasteiger partial charge >= 0.3 is 6.18 Å². The maximum Gasteiger partial charge on any atom is 0.416 e. The van der Waals surface area contributed by atoms with Crippen LogP contribution in [0.25, 0.3) is 0 Å². The van der Waals surface area contributed by atoms with Gasteiger partial charge in [-0.2, -0.15) is 13.2 Å². The molecule has 2 nitrogen and oxygen atoms in total. The van der Waals surface area contributed by atoms with Gasteiger partial charge in [-0.3, -0.25) is 0 Å². The van der Waals surface area contributed by atoms with Crippen LogP contribution < -0.4 is 0 Å². The fourth-order valence-corrected chi connectivity index (χ4v) is 2.06. The molecule has 0 heterocycles. The van der Waals surface area contributed by atoms with E-state index in [4.69, 9.17) is 4.84 Å². The van der Waals surface area contributed by atoms with Gasteiger partial charge < -0.3 is 4.84 Å². The average molecular weight is 321 g/mol. The van der Waals surface area contributed by atoms with Gasteiger partial charge in [-0.25, -0.2) is 0 Å². The molecular weight excluding hydrogens is 303 g/mol. The fourth-order valence-electron chi connectivity index (χ4n) is 2.06. The Balaban J connectivity index is 2.05. The van der Waals surface area contributed by atoms with Crippen molar-refractivity contribution in [3.05, 3.63) is 70.3 Å². The van der Waals surface area contributed by atoms with E-state index in [2.05, 4.69) is 5.16 Å². The van der Waals surface area contributed by atoms with Crippen molar-refractivity contribution in [3.63, 3.8) is 0 Å². The van der Waals surface area contributed by atoms with Crippen molar-refractivity contribution in [2.45, 2.75) is 33.6 Å². The van der Waals surface area contributed by atoms with Crippen LogP contribution in [-0.2, 0) is 17.6 Å². The third kappa shape index (κ3) is 4.58. The van der Waals surface area contributed by atoms with Crippen molar-refractivity contribution in [2.75, 3.05) is 0 Å². The zero-order valence-electron chi connectivity index (χ0n) is 13.2. The zero-order chi connectivity index (χ0) is 17.0. The third-order valence-corrected chi connectivity index (χ3v) is 3.61. The number of aryl methyl sites for hydroxylation is 2. The quantitative estimate of drug-likeness (QED) is 0.556. The summed E-state index contributed by atoms with van der Waals surface area (Å²) in [6, 6.07) is 11.0. The summed E-state index contributed by atoms with van der Waals surface area (Å²) >= 11 is 0. The van der Waals surface area contributed by atoms with Gasteiger partial charge in [0.05, 0.1) is 11.3 Å². The average Bonchev–Trinajstić information content (AvgIpc) is 2.49. The summed E-state index contributed by atoms with van der Waals surface area (Å²) in [5.74, 6) is 0. The first-order valence-corrected chi connectivity index (χ1v) is 7.17. The number of hydrogen-bond acceptors (Lipinski definition) is 2. The van der Waals surface area contributed by atoms with Crippen LogP contribution in [0.4, 0.5) is 13.2 Å². The number of halogens is 3. The van der Waals surface area contributed by atoms with Crippen LogP contribution in [-0.4, -0.2) is 5.71 Å². The first-order chi connectivity index (χ1) is 10.8. The van der Waals surface area contributed by atoms with E-state index in [1.54, 1.807) is 13.0 Å². The van der Waals surface area contributed by atoms with Crippen LogP contribution in [0.15, 0.2) is 47.6 Å². The highest BCUT2D eigenvalue weighted by atomic mass is 19.4. The van der Waals surface area contributed by atoms with E-state index in [0.29, 0.717) is 11.3 Å². The molecule has 2 aromatic rings. The second-order valence-corrected chi connectivity index (χ2v) is 5.45. The fraction of sp³-hybridized carbons (Fsp3) is 0.278. The van der Waals surface area contributed by atoms with Gasteiger partial charge in [0.25, 0.3) is 0 Å². The van der Waals surface area contributed by atoms with Gasteiger partial charge in [0.1, 0.15) is 6.61 Å². The van der Waals surface area contributed by atoms with Crippen LogP contribution in [0.5, 0.6) is 0 Å². The minimum Gasteiger partial charge on any atom is -0.391 e. The summed E-state index contributed by atoms with van der Waals surface area (Å²) in [5, 5.41) is 3.99. The smallest absolute Gasteiger partial charge is 0.391 e. The molecule has 0 bridgehead atoms. The second kappa shape index (κ2) is 6.86. The Kier molecular flexibility index (Phi) is 5.08. The summed E-state index contributed by atoms with van der Waals surface area (Å²) in [6.45, 7) is 5.83. The third-order valence-electron chi connectivity index (χ3n) is 3.61. The van der Waals surface area contributed by atoms with Gasteiger partial charge in [-0.15, -0.1) is 0 Å². The molecule has 0 N–H and O–H groups in total. The van der Waals surface area contributed by atoms with E-state index in [0.717, 1.165) is 23.3 Å². The lowest BCUT2D eigenvalue weighted by Gasteiger charge is -2.08. The van der Waals surface area contributed by atoms with E-state index >= 15 is 0 Å². The Bertz CT molecular complexity index is 720. The predicted octanol–water partition coefficient (Wildman–Crippen LogP) is 5.26. The normalized spacial score (nSPS) is 12.3. The van der Waals surface area contributed by atoms with Crippen molar-refractivity contribution in [2.24, 2.45) is 5.16 Å². The molecule has 2 aromatic carbocycles. The molecule has 0 aliphatic carbocycles. The van der Waals surface area contributed by atoms with Gasteiger partial charge in [-0.05, 0) is 61.2 Å².